The minimum Gasteiger partial charge on any atom is -0.489 e. The van der Waals surface area contributed by atoms with Crippen molar-refractivity contribution >= 4 is 23.7 Å². The zero-order valence-electron chi connectivity index (χ0n) is 6.79. The number of rotatable bonds is 0. The maximum absolute atomic E-state index is 5.34. The summed E-state index contributed by atoms with van der Waals surface area (Å²) in [6.07, 6.45) is 4.10. The van der Waals surface area contributed by atoms with E-state index in [0.717, 1.165) is 5.75 Å². The van der Waals surface area contributed by atoms with Crippen LogP contribution in [0.3, 0.4) is 0 Å². The van der Waals surface area contributed by atoms with Gasteiger partial charge in [-0.3, -0.25) is 0 Å². The monoisotopic (exact) mass is 270 g/mol. The Morgan fingerprint density at radius 3 is 2.67 bits per heavy atom. The second kappa shape index (κ2) is 5.55. The minimum atomic E-state index is 0. The molecule has 0 bridgehead atoms. The standard InChI is InChI=1S/C9H8O.Ge.Zn/c1-2-6-9-8(4-1)5-3-7-10-9;;/h1-6H,7H2;;. The van der Waals surface area contributed by atoms with Crippen LogP contribution in [-0.2, 0) is 19.5 Å². The van der Waals surface area contributed by atoms with Gasteiger partial charge in [-0.05, 0) is 12.1 Å². The maximum Gasteiger partial charge on any atom is 0.126 e. The molecule has 0 N–H and O–H groups in total. The summed E-state index contributed by atoms with van der Waals surface area (Å²) in [7, 11) is 0. The number of benzene rings is 1. The van der Waals surface area contributed by atoms with Gasteiger partial charge in [-0.1, -0.05) is 24.3 Å². The molecule has 2 rings (SSSR count). The van der Waals surface area contributed by atoms with Crippen molar-refractivity contribution in [2.75, 3.05) is 6.61 Å². The molecule has 0 unspecified atom stereocenters. The Hall–Kier alpha value is -0.0738. The van der Waals surface area contributed by atoms with Gasteiger partial charge in [0.2, 0.25) is 0 Å². The number of para-hydroxylation sites is 1. The molecule has 1 aliphatic rings. The molecule has 1 aliphatic heterocycles. The Kier molecular flexibility index (Phi) is 5.52. The molecular formula is C9H8GeOZn. The van der Waals surface area contributed by atoms with Gasteiger partial charge in [-0.2, -0.15) is 0 Å². The summed E-state index contributed by atoms with van der Waals surface area (Å²) in [5, 5.41) is 0. The number of ether oxygens (including phenoxy) is 1. The van der Waals surface area contributed by atoms with E-state index in [0.29, 0.717) is 6.61 Å². The zero-order chi connectivity index (χ0) is 6.81. The normalized spacial score (nSPS) is 11.7. The SMILES string of the molecule is C1=Cc2ccccc2OC1.[Ge].[Zn]. The van der Waals surface area contributed by atoms with Crippen LogP contribution in [0.5, 0.6) is 5.75 Å². The third-order valence-corrected chi connectivity index (χ3v) is 1.55. The Morgan fingerprint density at radius 1 is 1.17 bits per heavy atom. The molecule has 3 heteroatoms. The Morgan fingerprint density at radius 2 is 1.92 bits per heavy atom. The molecule has 1 aromatic rings. The summed E-state index contributed by atoms with van der Waals surface area (Å²) in [5.74, 6) is 0.991. The van der Waals surface area contributed by atoms with Gasteiger partial charge < -0.3 is 4.74 Å². The molecule has 1 nitrogen and oxygen atoms in total. The molecule has 1 aromatic carbocycles. The average molecular weight is 270 g/mol. The fraction of sp³-hybridized carbons (Fsp3) is 0.111. The smallest absolute Gasteiger partial charge is 0.126 e. The topological polar surface area (TPSA) is 9.23 Å². The Labute approximate surface area is 95.9 Å². The van der Waals surface area contributed by atoms with E-state index in [-0.39, 0.29) is 37.1 Å². The van der Waals surface area contributed by atoms with Crippen molar-refractivity contribution in [2.24, 2.45) is 0 Å². The fourth-order valence-corrected chi connectivity index (χ4v) is 1.06. The van der Waals surface area contributed by atoms with Gasteiger partial charge in [0.1, 0.15) is 12.4 Å². The maximum atomic E-state index is 5.34. The van der Waals surface area contributed by atoms with Crippen LogP contribution in [0.2, 0.25) is 0 Å². The van der Waals surface area contributed by atoms with Crippen LogP contribution in [0.1, 0.15) is 5.56 Å². The van der Waals surface area contributed by atoms with Gasteiger partial charge in [-0.15, -0.1) is 0 Å². The van der Waals surface area contributed by atoms with E-state index in [4.69, 9.17) is 4.74 Å². The number of hydrogen-bond acceptors (Lipinski definition) is 1. The third kappa shape index (κ3) is 2.46. The first-order valence-electron chi connectivity index (χ1n) is 3.35. The van der Waals surface area contributed by atoms with Crippen LogP contribution in [0, 0.1) is 0 Å². The first kappa shape index (κ1) is 11.9. The van der Waals surface area contributed by atoms with Gasteiger partial charge in [-0.25, -0.2) is 0 Å². The van der Waals surface area contributed by atoms with Crippen molar-refractivity contribution in [3.8, 4) is 5.75 Å². The molecule has 12 heavy (non-hydrogen) atoms. The first-order valence-corrected chi connectivity index (χ1v) is 3.35. The van der Waals surface area contributed by atoms with Crippen LogP contribution < -0.4 is 4.74 Å². The molecule has 0 amide bonds. The summed E-state index contributed by atoms with van der Waals surface area (Å²) in [6.45, 7) is 0.705. The quantitative estimate of drug-likeness (QED) is 0.652. The second-order valence-corrected chi connectivity index (χ2v) is 2.25. The van der Waals surface area contributed by atoms with Gasteiger partial charge in [0.05, 0.1) is 0 Å². The Balaban J connectivity index is 0.000000605. The number of fused-ring (bicyclic) bond motifs is 1. The molecular weight excluding hydrogens is 262 g/mol. The van der Waals surface area contributed by atoms with Crippen LogP contribution in [-0.4, -0.2) is 24.2 Å². The fourth-order valence-electron chi connectivity index (χ4n) is 1.06. The van der Waals surface area contributed by atoms with Gasteiger partial charge in [0.25, 0.3) is 0 Å². The van der Waals surface area contributed by atoms with E-state index < -0.39 is 0 Å². The molecule has 0 saturated carbocycles. The van der Waals surface area contributed by atoms with Crippen LogP contribution in [0.15, 0.2) is 30.3 Å². The number of hydrogen-bond donors (Lipinski definition) is 0. The predicted molar refractivity (Wildman–Crippen MR) is 46.7 cm³/mol. The molecule has 0 fully saturated rings. The minimum absolute atomic E-state index is 0. The molecule has 56 valence electrons. The van der Waals surface area contributed by atoms with Gasteiger partial charge in [0.15, 0.2) is 0 Å². The van der Waals surface area contributed by atoms with Crippen molar-refractivity contribution in [3.63, 3.8) is 0 Å². The van der Waals surface area contributed by atoms with E-state index >= 15 is 0 Å². The molecule has 0 atom stereocenters. The van der Waals surface area contributed by atoms with E-state index in [1.165, 1.54) is 5.56 Å². The molecule has 0 saturated heterocycles. The van der Waals surface area contributed by atoms with E-state index in [2.05, 4.69) is 6.08 Å². The van der Waals surface area contributed by atoms with Crippen molar-refractivity contribution in [3.05, 3.63) is 35.9 Å². The molecule has 4 radical (unpaired) electrons. The Bertz CT molecular complexity index is 273. The largest absolute Gasteiger partial charge is 0.489 e. The van der Waals surface area contributed by atoms with Crippen molar-refractivity contribution in [1.82, 2.24) is 0 Å². The summed E-state index contributed by atoms with van der Waals surface area (Å²) in [4.78, 5) is 0. The summed E-state index contributed by atoms with van der Waals surface area (Å²) in [5.41, 5.74) is 1.17. The van der Waals surface area contributed by atoms with E-state index in [1.807, 2.05) is 30.3 Å². The van der Waals surface area contributed by atoms with Crippen LogP contribution >= 0.6 is 0 Å². The van der Waals surface area contributed by atoms with E-state index in [1.54, 1.807) is 0 Å². The second-order valence-electron chi connectivity index (χ2n) is 2.25. The van der Waals surface area contributed by atoms with Crippen molar-refractivity contribution in [2.45, 2.75) is 0 Å². The predicted octanol–water partition coefficient (Wildman–Crippen LogP) is 1.71. The third-order valence-electron chi connectivity index (χ3n) is 1.55. The molecule has 0 aliphatic carbocycles. The first-order chi connectivity index (χ1) is 4.97. The molecule has 0 spiro atoms. The average Bonchev–Trinajstić information content (AvgIpc) is 2.05. The van der Waals surface area contributed by atoms with Gasteiger partial charge in [0, 0.05) is 42.6 Å². The summed E-state index contributed by atoms with van der Waals surface area (Å²) < 4.78 is 5.34. The van der Waals surface area contributed by atoms with Crippen molar-refractivity contribution in [1.29, 1.82) is 0 Å². The van der Waals surface area contributed by atoms with Crippen molar-refractivity contribution < 1.29 is 24.2 Å². The van der Waals surface area contributed by atoms with Crippen LogP contribution in [0.25, 0.3) is 6.08 Å². The van der Waals surface area contributed by atoms with Gasteiger partial charge >= 0.3 is 0 Å². The summed E-state index contributed by atoms with van der Waals surface area (Å²) >= 11 is 0. The van der Waals surface area contributed by atoms with Crippen LogP contribution in [0.4, 0.5) is 0 Å². The summed E-state index contributed by atoms with van der Waals surface area (Å²) in [6, 6.07) is 8.03. The molecule has 1 heterocycles. The molecule has 0 aromatic heterocycles. The van der Waals surface area contributed by atoms with E-state index in [9.17, 15) is 0 Å². The zero-order valence-corrected chi connectivity index (χ0v) is 11.9.